The van der Waals surface area contributed by atoms with Crippen LogP contribution in [0, 0.1) is 5.92 Å². The van der Waals surface area contributed by atoms with Gasteiger partial charge < -0.3 is 14.9 Å². The van der Waals surface area contributed by atoms with Crippen LogP contribution in [0.25, 0.3) is 33.3 Å². The summed E-state index contributed by atoms with van der Waals surface area (Å²) in [6, 6.07) is 26.7. The fourth-order valence-electron chi connectivity index (χ4n) is 8.04. The highest BCUT2D eigenvalue weighted by molar-refractivity contribution is 7.89. The van der Waals surface area contributed by atoms with E-state index in [0.29, 0.717) is 11.7 Å². The molecule has 8 nitrogen and oxygen atoms in total. The van der Waals surface area contributed by atoms with E-state index in [9.17, 15) is 13.5 Å². The molecule has 0 aliphatic carbocycles. The van der Waals surface area contributed by atoms with Crippen molar-refractivity contribution in [2.75, 3.05) is 46.8 Å². The molecule has 254 valence electrons. The van der Waals surface area contributed by atoms with Gasteiger partial charge in [0.2, 0.25) is 10.0 Å². The SMILES string of the molecule is CN1CCC(N2CCc3cc(-c4cnc5c(c4)c(-c4ccc(C(O)C6CN(C)C6)cc4)cn5S(=O)(=O)Cc4ccccc4)ccc3C2)CC1. The minimum Gasteiger partial charge on any atom is -0.388 e. The zero-order valence-electron chi connectivity index (χ0n) is 28.4. The van der Waals surface area contributed by atoms with Gasteiger partial charge in [-0.1, -0.05) is 72.8 Å². The van der Waals surface area contributed by atoms with Crippen molar-refractivity contribution in [3.8, 4) is 22.3 Å². The van der Waals surface area contributed by atoms with Crippen LogP contribution in [-0.2, 0) is 28.7 Å². The van der Waals surface area contributed by atoms with Crippen LogP contribution in [0.5, 0.6) is 0 Å². The molecule has 3 aromatic carbocycles. The second-order valence-electron chi connectivity index (χ2n) is 14.5. The van der Waals surface area contributed by atoms with E-state index >= 15 is 0 Å². The average molecular weight is 676 g/mol. The average Bonchev–Trinajstić information content (AvgIpc) is 3.50. The van der Waals surface area contributed by atoms with Crippen molar-refractivity contribution < 1.29 is 13.5 Å². The Kier molecular flexibility index (Phi) is 8.66. The number of piperidine rings is 1. The third kappa shape index (κ3) is 6.46. The van der Waals surface area contributed by atoms with Gasteiger partial charge in [0.05, 0.1) is 11.9 Å². The first-order valence-corrected chi connectivity index (χ1v) is 19.1. The highest BCUT2D eigenvalue weighted by Gasteiger charge is 2.31. The van der Waals surface area contributed by atoms with E-state index in [4.69, 9.17) is 4.98 Å². The first-order valence-electron chi connectivity index (χ1n) is 17.5. The molecule has 0 radical (unpaired) electrons. The van der Waals surface area contributed by atoms with Crippen molar-refractivity contribution >= 4 is 21.1 Å². The van der Waals surface area contributed by atoms with Gasteiger partial charge in [0.1, 0.15) is 0 Å². The highest BCUT2D eigenvalue weighted by Crippen LogP contribution is 2.37. The molecule has 2 saturated heterocycles. The molecule has 5 heterocycles. The second-order valence-corrected chi connectivity index (χ2v) is 16.3. The molecule has 9 heteroatoms. The molecular formula is C40H45N5O3S. The normalized spacial score (nSPS) is 19.2. The quantitative estimate of drug-likeness (QED) is 0.223. The maximum atomic E-state index is 13.9. The van der Waals surface area contributed by atoms with Crippen molar-refractivity contribution in [3.05, 3.63) is 114 Å². The van der Waals surface area contributed by atoms with Gasteiger partial charge in [-0.25, -0.2) is 17.4 Å². The molecule has 0 spiro atoms. The number of hydrogen-bond acceptors (Lipinski definition) is 7. The fraction of sp³-hybridized carbons (Fsp3) is 0.375. The Labute approximate surface area is 289 Å². The lowest BCUT2D eigenvalue weighted by atomic mass is 9.89. The van der Waals surface area contributed by atoms with E-state index in [1.165, 1.54) is 41.0 Å². The van der Waals surface area contributed by atoms with Gasteiger partial charge in [0.15, 0.2) is 5.65 Å². The van der Waals surface area contributed by atoms with Crippen molar-refractivity contribution in [2.45, 2.75) is 43.7 Å². The number of nitrogens with zero attached hydrogens (tertiary/aromatic N) is 5. The van der Waals surface area contributed by atoms with E-state index in [2.05, 4.69) is 53.1 Å². The highest BCUT2D eigenvalue weighted by atomic mass is 32.2. The molecule has 8 rings (SSSR count). The van der Waals surface area contributed by atoms with Gasteiger partial charge in [-0.15, -0.1) is 0 Å². The fourth-order valence-corrected chi connectivity index (χ4v) is 9.47. The second kappa shape index (κ2) is 13.1. The summed E-state index contributed by atoms with van der Waals surface area (Å²) < 4.78 is 29.1. The van der Waals surface area contributed by atoms with Crippen molar-refractivity contribution in [2.24, 2.45) is 5.92 Å². The molecule has 49 heavy (non-hydrogen) atoms. The monoisotopic (exact) mass is 675 g/mol. The molecule has 2 aromatic heterocycles. The number of fused-ring (bicyclic) bond motifs is 2. The number of aliphatic hydroxyl groups is 1. The lowest BCUT2D eigenvalue weighted by molar-refractivity contribution is 0.00901. The molecule has 1 unspecified atom stereocenters. The topological polar surface area (TPSA) is 81.9 Å². The van der Waals surface area contributed by atoms with Crippen LogP contribution in [0.2, 0.25) is 0 Å². The van der Waals surface area contributed by atoms with E-state index in [1.54, 1.807) is 6.20 Å². The Hall–Kier alpha value is -3.86. The van der Waals surface area contributed by atoms with Crippen LogP contribution < -0.4 is 0 Å². The van der Waals surface area contributed by atoms with Crippen LogP contribution in [0.15, 0.2) is 91.3 Å². The van der Waals surface area contributed by atoms with Gasteiger partial charge in [-0.3, -0.25) is 4.90 Å². The van der Waals surface area contributed by atoms with Crippen molar-refractivity contribution in [3.63, 3.8) is 0 Å². The summed E-state index contributed by atoms with van der Waals surface area (Å²) in [6.45, 7) is 6.17. The summed E-state index contributed by atoms with van der Waals surface area (Å²) in [6.07, 6.45) is 6.51. The minimum atomic E-state index is -3.77. The maximum Gasteiger partial charge on any atom is 0.244 e. The predicted octanol–water partition coefficient (Wildman–Crippen LogP) is 5.80. The summed E-state index contributed by atoms with van der Waals surface area (Å²) >= 11 is 0. The van der Waals surface area contributed by atoms with Gasteiger partial charge in [0, 0.05) is 67.0 Å². The third-order valence-electron chi connectivity index (χ3n) is 11.0. The zero-order chi connectivity index (χ0) is 33.7. The Bertz CT molecular complexity index is 2060. The van der Waals surface area contributed by atoms with Crippen LogP contribution in [0.4, 0.5) is 0 Å². The maximum absolute atomic E-state index is 13.9. The first-order chi connectivity index (χ1) is 23.7. The lowest BCUT2D eigenvalue weighted by Gasteiger charge is -2.39. The number of pyridine rings is 1. The smallest absolute Gasteiger partial charge is 0.244 e. The van der Waals surface area contributed by atoms with E-state index < -0.39 is 16.1 Å². The zero-order valence-corrected chi connectivity index (χ0v) is 29.2. The minimum absolute atomic E-state index is 0.124. The molecule has 1 atom stereocenters. The van der Waals surface area contributed by atoms with Crippen molar-refractivity contribution in [1.29, 1.82) is 0 Å². The molecule has 0 saturated carbocycles. The molecule has 2 fully saturated rings. The molecule has 5 aromatic rings. The Morgan fingerprint density at radius 2 is 1.57 bits per heavy atom. The molecule has 3 aliphatic heterocycles. The van der Waals surface area contributed by atoms with E-state index in [0.717, 1.165) is 71.4 Å². The first kappa shape index (κ1) is 32.4. The lowest BCUT2D eigenvalue weighted by Crippen LogP contribution is -2.46. The van der Waals surface area contributed by atoms with Crippen LogP contribution >= 0.6 is 0 Å². The number of rotatable bonds is 8. The Morgan fingerprint density at radius 1 is 0.837 bits per heavy atom. The van der Waals surface area contributed by atoms with Gasteiger partial charge >= 0.3 is 0 Å². The van der Waals surface area contributed by atoms with Gasteiger partial charge in [0.25, 0.3) is 0 Å². The third-order valence-corrected chi connectivity index (χ3v) is 12.6. The number of hydrogen-bond donors (Lipinski definition) is 1. The molecule has 1 N–H and O–H groups in total. The molecule has 3 aliphatic rings. The van der Waals surface area contributed by atoms with Crippen LogP contribution in [-0.4, -0.2) is 90.0 Å². The van der Waals surface area contributed by atoms with Crippen molar-refractivity contribution in [1.82, 2.24) is 23.7 Å². The number of likely N-dealkylation sites (tertiary alicyclic amines) is 2. The van der Waals surface area contributed by atoms with Gasteiger partial charge in [-0.05, 0) is 85.9 Å². The summed E-state index contributed by atoms with van der Waals surface area (Å²) in [5.41, 5.74) is 8.56. The summed E-state index contributed by atoms with van der Waals surface area (Å²) in [5.74, 6) is 0.0996. The van der Waals surface area contributed by atoms with Crippen LogP contribution in [0.1, 0.15) is 41.2 Å². The Morgan fingerprint density at radius 3 is 2.31 bits per heavy atom. The summed E-state index contributed by atoms with van der Waals surface area (Å²) in [7, 11) is 0.511. The number of aliphatic hydroxyl groups excluding tert-OH is 1. The molecular weight excluding hydrogens is 631 g/mol. The molecule has 0 bridgehead atoms. The Balaban J connectivity index is 1.13. The summed E-state index contributed by atoms with van der Waals surface area (Å²) in [4.78, 5) is 12.1. The standard InChI is InChI=1S/C40H45N5O3S/c1-42-17-15-36(16-18-42)44-19-14-32-20-31(12-13-33(32)25-44)34-21-37-38(29-8-10-30(11-9-29)39(46)35-23-43(2)24-35)26-45(40(37)41-22-34)49(47,48)27-28-6-4-3-5-7-28/h3-13,20-22,26,35-36,39,46H,14-19,23-25,27H2,1-2H3. The number of aromatic nitrogens is 2. The largest absolute Gasteiger partial charge is 0.388 e. The molecule has 0 amide bonds. The van der Waals surface area contributed by atoms with E-state index in [1.807, 2.05) is 60.8 Å². The predicted molar refractivity (Wildman–Crippen MR) is 196 cm³/mol. The van der Waals surface area contributed by atoms with Gasteiger partial charge in [-0.2, -0.15) is 0 Å². The van der Waals surface area contributed by atoms with E-state index in [-0.39, 0.29) is 11.7 Å². The number of benzene rings is 3. The summed E-state index contributed by atoms with van der Waals surface area (Å²) in [5, 5.41) is 11.7. The van der Waals surface area contributed by atoms with Crippen LogP contribution in [0.3, 0.4) is 0 Å².